The molecule has 3 nitrogen and oxygen atoms in total. The van der Waals surface area contributed by atoms with Crippen LogP contribution in [0, 0.1) is 11.3 Å². The highest BCUT2D eigenvalue weighted by atomic mass is 35.5. The largest absolute Gasteiger partial charge is 0.508 e. The Morgan fingerprint density at radius 1 is 1.24 bits per heavy atom. The van der Waals surface area contributed by atoms with E-state index in [0.29, 0.717) is 16.3 Å². The lowest BCUT2D eigenvalue weighted by molar-refractivity contribution is 0.472. The molecule has 0 aromatic heterocycles. The Bertz CT molecular complexity index is 721. The summed E-state index contributed by atoms with van der Waals surface area (Å²) in [5.41, 5.74) is 3.73. The van der Waals surface area contributed by atoms with Crippen molar-refractivity contribution in [1.29, 1.82) is 5.26 Å². The summed E-state index contributed by atoms with van der Waals surface area (Å²) < 4.78 is 0. The number of nitriles is 1. The Balaban J connectivity index is 1.92. The van der Waals surface area contributed by atoms with Gasteiger partial charge in [0.25, 0.3) is 0 Å². The van der Waals surface area contributed by atoms with Crippen molar-refractivity contribution >= 4 is 17.3 Å². The van der Waals surface area contributed by atoms with E-state index in [1.807, 2.05) is 12.1 Å². The third-order valence-corrected chi connectivity index (χ3v) is 4.20. The summed E-state index contributed by atoms with van der Waals surface area (Å²) in [6, 6.07) is 13.0. The number of benzene rings is 2. The Morgan fingerprint density at radius 3 is 2.90 bits per heavy atom. The third-order valence-electron chi connectivity index (χ3n) is 3.87. The number of hydrogen-bond donors (Lipinski definition) is 2. The quantitative estimate of drug-likeness (QED) is 0.863. The summed E-state index contributed by atoms with van der Waals surface area (Å²) in [5, 5.41) is 22.6. The van der Waals surface area contributed by atoms with Crippen molar-refractivity contribution in [3.63, 3.8) is 0 Å². The Kier molecular flexibility index (Phi) is 3.72. The van der Waals surface area contributed by atoms with Gasteiger partial charge in [0.1, 0.15) is 5.75 Å². The first-order valence-electron chi connectivity index (χ1n) is 6.95. The van der Waals surface area contributed by atoms with E-state index in [4.69, 9.17) is 16.9 Å². The zero-order chi connectivity index (χ0) is 14.8. The third kappa shape index (κ3) is 2.81. The minimum absolute atomic E-state index is 0.154. The van der Waals surface area contributed by atoms with Crippen LogP contribution in [0.2, 0.25) is 5.02 Å². The average Bonchev–Trinajstić information content (AvgIpc) is 2.49. The van der Waals surface area contributed by atoms with Crippen LogP contribution in [-0.2, 0) is 6.42 Å². The Hall–Kier alpha value is -2.18. The number of nitrogens with zero attached hydrogens (tertiary/aromatic N) is 1. The van der Waals surface area contributed by atoms with Crippen molar-refractivity contribution in [3.8, 4) is 11.8 Å². The molecule has 21 heavy (non-hydrogen) atoms. The highest BCUT2D eigenvalue weighted by molar-refractivity contribution is 6.33. The van der Waals surface area contributed by atoms with Gasteiger partial charge in [-0.1, -0.05) is 17.7 Å². The molecule has 2 N–H and O–H groups in total. The van der Waals surface area contributed by atoms with Gasteiger partial charge in [-0.25, -0.2) is 0 Å². The number of hydrogen-bond acceptors (Lipinski definition) is 3. The van der Waals surface area contributed by atoms with E-state index in [-0.39, 0.29) is 6.04 Å². The van der Waals surface area contributed by atoms with Crippen LogP contribution in [0.15, 0.2) is 36.4 Å². The van der Waals surface area contributed by atoms with Gasteiger partial charge in [0.15, 0.2) is 0 Å². The van der Waals surface area contributed by atoms with Crippen molar-refractivity contribution in [2.45, 2.75) is 25.3 Å². The van der Waals surface area contributed by atoms with Crippen molar-refractivity contribution < 1.29 is 5.11 Å². The molecule has 0 saturated heterocycles. The first-order chi connectivity index (χ1) is 10.2. The summed E-state index contributed by atoms with van der Waals surface area (Å²) in [4.78, 5) is 0. The van der Waals surface area contributed by atoms with Crippen LogP contribution < -0.4 is 5.32 Å². The van der Waals surface area contributed by atoms with Gasteiger partial charge in [-0.15, -0.1) is 0 Å². The van der Waals surface area contributed by atoms with Crippen LogP contribution in [0.1, 0.15) is 35.6 Å². The zero-order valence-electron chi connectivity index (χ0n) is 11.4. The molecule has 1 unspecified atom stereocenters. The number of phenols is 1. The van der Waals surface area contributed by atoms with Crippen molar-refractivity contribution in [2.75, 3.05) is 5.32 Å². The molecule has 0 heterocycles. The number of anilines is 1. The van der Waals surface area contributed by atoms with Gasteiger partial charge >= 0.3 is 0 Å². The van der Waals surface area contributed by atoms with Gasteiger partial charge in [0, 0.05) is 0 Å². The van der Waals surface area contributed by atoms with Gasteiger partial charge in [-0.05, 0) is 60.7 Å². The fourth-order valence-corrected chi connectivity index (χ4v) is 3.02. The van der Waals surface area contributed by atoms with Gasteiger partial charge in [0.05, 0.1) is 28.4 Å². The summed E-state index contributed by atoms with van der Waals surface area (Å²) in [6.45, 7) is 0. The fraction of sp³-hybridized carbons (Fsp3) is 0.235. The predicted octanol–water partition coefficient (Wildman–Crippen LogP) is 4.41. The summed E-state index contributed by atoms with van der Waals surface area (Å²) in [6.07, 6.45) is 3.04. The molecule has 106 valence electrons. The molecule has 2 aromatic carbocycles. The fourth-order valence-electron chi connectivity index (χ4n) is 2.84. The minimum atomic E-state index is 0.154. The summed E-state index contributed by atoms with van der Waals surface area (Å²) >= 11 is 6.21. The number of aromatic hydroxyl groups is 1. The molecule has 0 saturated carbocycles. The second-order valence-electron chi connectivity index (χ2n) is 5.28. The normalized spacial score (nSPS) is 16.9. The van der Waals surface area contributed by atoms with E-state index in [1.165, 1.54) is 11.1 Å². The maximum absolute atomic E-state index is 9.60. The minimum Gasteiger partial charge on any atom is -0.508 e. The highest BCUT2D eigenvalue weighted by Gasteiger charge is 2.21. The van der Waals surface area contributed by atoms with Crippen LogP contribution in [0.5, 0.6) is 5.75 Å². The van der Waals surface area contributed by atoms with Gasteiger partial charge in [-0.2, -0.15) is 5.26 Å². The van der Waals surface area contributed by atoms with E-state index in [9.17, 15) is 5.11 Å². The number of nitrogens with one attached hydrogen (secondary N) is 1. The maximum Gasteiger partial charge on any atom is 0.115 e. The molecule has 0 fully saturated rings. The molecule has 3 rings (SSSR count). The number of rotatable bonds is 2. The van der Waals surface area contributed by atoms with Crippen molar-refractivity contribution in [2.24, 2.45) is 0 Å². The topological polar surface area (TPSA) is 56.0 Å². The lowest BCUT2D eigenvalue weighted by atomic mass is 9.87. The maximum atomic E-state index is 9.60. The Labute approximate surface area is 128 Å². The van der Waals surface area contributed by atoms with E-state index >= 15 is 0 Å². The first-order valence-corrected chi connectivity index (χ1v) is 7.33. The van der Waals surface area contributed by atoms with Crippen LogP contribution in [-0.4, -0.2) is 5.11 Å². The van der Waals surface area contributed by atoms with Crippen molar-refractivity contribution in [1.82, 2.24) is 0 Å². The molecule has 0 spiro atoms. The van der Waals surface area contributed by atoms with Gasteiger partial charge in [-0.3, -0.25) is 0 Å². The monoisotopic (exact) mass is 298 g/mol. The standard InChI is InChI=1S/C17H15ClN2O/c18-15-7-4-11(10-19)8-17(15)20-16-3-1-2-12-9-13(21)5-6-14(12)16/h4-9,16,20-21H,1-3H2. The highest BCUT2D eigenvalue weighted by Crippen LogP contribution is 2.36. The molecule has 2 aromatic rings. The van der Waals surface area contributed by atoms with Gasteiger partial charge in [0.2, 0.25) is 0 Å². The molecule has 1 atom stereocenters. The molecule has 0 bridgehead atoms. The lowest BCUT2D eigenvalue weighted by Crippen LogP contribution is -2.17. The second kappa shape index (κ2) is 5.67. The van der Waals surface area contributed by atoms with E-state index in [0.717, 1.165) is 24.9 Å². The van der Waals surface area contributed by atoms with Crippen LogP contribution in [0.4, 0.5) is 5.69 Å². The molecule has 1 aliphatic rings. The molecular formula is C17H15ClN2O. The molecule has 1 aliphatic carbocycles. The smallest absolute Gasteiger partial charge is 0.115 e. The van der Waals surface area contributed by atoms with E-state index in [2.05, 4.69) is 11.4 Å². The Morgan fingerprint density at radius 2 is 2.10 bits per heavy atom. The first kappa shape index (κ1) is 13.8. The molecular weight excluding hydrogens is 284 g/mol. The molecule has 0 amide bonds. The summed E-state index contributed by atoms with van der Waals surface area (Å²) in [5.74, 6) is 0.305. The van der Waals surface area contributed by atoms with Gasteiger partial charge < -0.3 is 10.4 Å². The zero-order valence-corrected chi connectivity index (χ0v) is 12.2. The molecule has 4 heteroatoms. The number of halogens is 1. The second-order valence-corrected chi connectivity index (χ2v) is 5.69. The van der Waals surface area contributed by atoms with Crippen LogP contribution in [0.25, 0.3) is 0 Å². The lowest BCUT2D eigenvalue weighted by Gasteiger charge is -2.27. The molecule has 0 aliphatic heterocycles. The number of phenolic OH excluding ortho intramolecular Hbond substituents is 1. The molecule has 0 radical (unpaired) electrons. The number of aryl methyl sites for hydroxylation is 1. The van der Waals surface area contributed by atoms with Crippen molar-refractivity contribution in [3.05, 3.63) is 58.1 Å². The predicted molar refractivity (Wildman–Crippen MR) is 83.6 cm³/mol. The van der Waals surface area contributed by atoms with E-state index in [1.54, 1.807) is 24.3 Å². The van der Waals surface area contributed by atoms with Crippen LogP contribution >= 0.6 is 11.6 Å². The average molecular weight is 299 g/mol. The summed E-state index contributed by atoms with van der Waals surface area (Å²) in [7, 11) is 0. The number of fused-ring (bicyclic) bond motifs is 1. The SMILES string of the molecule is N#Cc1ccc(Cl)c(NC2CCCc3cc(O)ccc32)c1. The van der Waals surface area contributed by atoms with Crippen LogP contribution in [0.3, 0.4) is 0 Å². The van der Waals surface area contributed by atoms with E-state index < -0.39 is 0 Å².